The molecular weight excluding hydrogens is 220 g/mol. The van der Waals surface area contributed by atoms with Crippen molar-refractivity contribution in [2.45, 2.75) is 4.90 Å². The number of thiol groups is 1. The Kier molecular flexibility index (Phi) is 2.97. The Bertz CT molecular complexity index is 521. The van der Waals surface area contributed by atoms with Gasteiger partial charge in [0, 0.05) is 4.90 Å². The average molecular weight is 230 g/mol. The molecule has 0 fully saturated rings. The van der Waals surface area contributed by atoms with Gasteiger partial charge >= 0.3 is 5.97 Å². The van der Waals surface area contributed by atoms with Crippen LogP contribution >= 0.6 is 12.6 Å². The van der Waals surface area contributed by atoms with Crippen LogP contribution in [0.25, 0.3) is 11.1 Å². The number of hydrogen-bond donors (Lipinski definition) is 2. The monoisotopic (exact) mass is 230 g/mol. The normalized spacial score (nSPS) is 10.1. The molecule has 2 aromatic carbocycles. The number of aromatic carboxylic acids is 1. The Morgan fingerprint density at radius 1 is 1.00 bits per heavy atom. The fourth-order valence-corrected chi connectivity index (χ4v) is 1.93. The summed E-state index contributed by atoms with van der Waals surface area (Å²) in [5.74, 6) is -0.954. The largest absolute Gasteiger partial charge is 0.478 e. The van der Waals surface area contributed by atoms with Gasteiger partial charge in [-0.25, -0.2) is 4.79 Å². The third kappa shape index (κ3) is 1.95. The lowest BCUT2D eigenvalue weighted by Gasteiger charge is -2.08. The lowest BCUT2D eigenvalue weighted by atomic mass is 10.00. The van der Waals surface area contributed by atoms with Crippen LogP contribution in [0.4, 0.5) is 0 Å². The molecule has 0 aromatic heterocycles. The van der Waals surface area contributed by atoms with E-state index in [9.17, 15) is 4.79 Å². The van der Waals surface area contributed by atoms with Crippen LogP contribution in [0.1, 0.15) is 10.4 Å². The van der Waals surface area contributed by atoms with E-state index >= 15 is 0 Å². The SMILES string of the molecule is O=C(O)c1c(S)cccc1-c1ccccc1. The zero-order valence-electron chi connectivity index (χ0n) is 8.42. The quantitative estimate of drug-likeness (QED) is 0.776. The summed E-state index contributed by atoms with van der Waals surface area (Å²) in [5, 5.41) is 9.16. The highest BCUT2D eigenvalue weighted by Gasteiger charge is 2.14. The predicted octanol–water partition coefficient (Wildman–Crippen LogP) is 3.34. The van der Waals surface area contributed by atoms with Crippen LogP contribution < -0.4 is 0 Å². The van der Waals surface area contributed by atoms with Gasteiger partial charge in [-0.15, -0.1) is 12.6 Å². The minimum absolute atomic E-state index is 0.247. The lowest BCUT2D eigenvalue weighted by molar-refractivity contribution is 0.0694. The summed E-state index contributed by atoms with van der Waals surface area (Å²) >= 11 is 4.18. The van der Waals surface area contributed by atoms with E-state index in [4.69, 9.17) is 5.11 Å². The van der Waals surface area contributed by atoms with E-state index in [1.54, 1.807) is 18.2 Å². The highest BCUT2D eigenvalue weighted by molar-refractivity contribution is 7.80. The van der Waals surface area contributed by atoms with Gasteiger partial charge in [-0.1, -0.05) is 42.5 Å². The molecule has 80 valence electrons. The summed E-state index contributed by atoms with van der Waals surface area (Å²) in [7, 11) is 0. The smallest absolute Gasteiger partial charge is 0.337 e. The molecule has 0 amide bonds. The number of carboxylic acid groups (broad SMARTS) is 1. The number of rotatable bonds is 2. The van der Waals surface area contributed by atoms with Crippen LogP contribution in [-0.4, -0.2) is 11.1 Å². The van der Waals surface area contributed by atoms with Crippen molar-refractivity contribution in [1.82, 2.24) is 0 Å². The molecule has 1 N–H and O–H groups in total. The summed E-state index contributed by atoms with van der Waals surface area (Å²) in [6.45, 7) is 0. The first-order valence-electron chi connectivity index (χ1n) is 4.81. The molecule has 0 aliphatic carbocycles. The van der Waals surface area contributed by atoms with Crippen molar-refractivity contribution in [1.29, 1.82) is 0 Å². The van der Waals surface area contributed by atoms with Gasteiger partial charge in [-0.05, 0) is 17.2 Å². The molecular formula is C13H10O2S. The highest BCUT2D eigenvalue weighted by Crippen LogP contribution is 2.27. The van der Waals surface area contributed by atoms with Crippen molar-refractivity contribution in [3.63, 3.8) is 0 Å². The van der Waals surface area contributed by atoms with Crippen LogP contribution in [0, 0.1) is 0 Å². The van der Waals surface area contributed by atoms with Gasteiger partial charge < -0.3 is 5.11 Å². The van der Waals surface area contributed by atoms with Gasteiger partial charge in [0.05, 0.1) is 5.56 Å². The topological polar surface area (TPSA) is 37.3 Å². The van der Waals surface area contributed by atoms with Gasteiger partial charge in [0.2, 0.25) is 0 Å². The van der Waals surface area contributed by atoms with Crippen molar-refractivity contribution in [3.8, 4) is 11.1 Å². The molecule has 2 aromatic rings. The summed E-state index contributed by atoms with van der Waals surface area (Å²) in [6, 6.07) is 14.7. The molecule has 0 aliphatic heterocycles. The zero-order chi connectivity index (χ0) is 11.5. The van der Waals surface area contributed by atoms with Crippen molar-refractivity contribution in [3.05, 3.63) is 54.1 Å². The van der Waals surface area contributed by atoms with E-state index in [0.29, 0.717) is 10.5 Å². The second kappa shape index (κ2) is 4.41. The minimum Gasteiger partial charge on any atom is -0.478 e. The number of hydrogen-bond acceptors (Lipinski definition) is 2. The first kappa shape index (κ1) is 10.8. The van der Waals surface area contributed by atoms with E-state index in [-0.39, 0.29) is 5.56 Å². The third-order valence-corrected chi connectivity index (χ3v) is 2.71. The first-order chi connectivity index (χ1) is 7.70. The van der Waals surface area contributed by atoms with E-state index < -0.39 is 5.97 Å². The van der Waals surface area contributed by atoms with Gasteiger partial charge in [0.1, 0.15) is 0 Å². The summed E-state index contributed by atoms with van der Waals surface area (Å²) in [6.07, 6.45) is 0. The molecule has 0 unspecified atom stereocenters. The summed E-state index contributed by atoms with van der Waals surface area (Å²) in [4.78, 5) is 11.6. The molecule has 0 saturated heterocycles. The molecule has 3 heteroatoms. The standard InChI is InChI=1S/C13H10O2S/c14-13(15)12-10(7-4-8-11(12)16)9-5-2-1-3-6-9/h1-8,16H,(H,14,15). The van der Waals surface area contributed by atoms with Crippen LogP contribution in [0.3, 0.4) is 0 Å². The molecule has 0 radical (unpaired) electrons. The predicted molar refractivity (Wildman–Crippen MR) is 66.1 cm³/mol. The van der Waals surface area contributed by atoms with Crippen LogP contribution in [0.2, 0.25) is 0 Å². The van der Waals surface area contributed by atoms with Crippen LogP contribution in [0.5, 0.6) is 0 Å². The van der Waals surface area contributed by atoms with Gasteiger partial charge in [0.15, 0.2) is 0 Å². The van der Waals surface area contributed by atoms with E-state index in [0.717, 1.165) is 5.56 Å². The Labute approximate surface area is 99.0 Å². The minimum atomic E-state index is -0.954. The third-order valence-electron chi connectivity index (χ3n) is 2.34. The fourth-order valence-electron chi connectivity index (χ4n) is 1.62. The number of carbonyl (C=O) groups is 1. The molecule has 0 bridgehead atoms. The fraction of sp³-hybridized carbons (Fsp3) is 0. The molecule has 0 aliphatic rings. The molecule has 2 nitrogen and oxygen atoms in total. The Morgan fingerprint density at radius 3 is 2.31 bits per heavy atom. The van der Waals surface area contributed by atoms with E-state index in [1.807, 2.05) is 30.3 Å². The summed E-state index contributed by atoms with van der Waals surface area (Å²) < 4.78 is 0. The molecule has 0 heterocycles. The van der Waals surface area contributed by atoms with Gasteiger partial charge in [-0.2, -0.15) is 0 Å². The van der Waals surface area contributed by atoms with Crippen LogP contribution in [0.15, 0.2) is 53.4 Å². The maximum absolute atomic E-state index is 11.2. The molecule has 0 saturated carbocycles. The maximum atomic E-state index is 11.2. The van der Waals surface area contributed by atoms with Crippen molar-refractivity contribution in [2.24, 2.45) is 0 Å². The Morgan fingerprint density at radius 2 is 1.69 bits per heavy atom. The average Bonchev–Trinajstić information content (AvgIpc) is 2.29. The van der Waals surface area contributed by atoms with Crippen LogP contribution in [-0.2, 0) is 0 Å². The molecule has 16 heavy (non-hydrogen) atoms. The molecule has 0 spiro atoms. The van der Waals surface area contributed by atoms with E-state index in [2.05, 4.69) is 12.6 Å². The number of carboxylic acids is 1. The number of benzene rings is 2. The van der Waals surface area contributed by atoms with Gasteiger partial charge in [-0.3, -0.25) is 0 Å². The first-order valence-corrected chi connectivity index (χ1v) is 5.25. The summed E-state index contributed by atoms with van der Waals surface area (Å²) in [5.41, 5.74) is 1.83. The second-order valence-electron chi connectivity index (χ2n) is 3.37. The van der Waals surface area contributed by atoms with Gasteiger partial charge in [0.25, 0.3) is 0 Å². The van der Waals surface area contributed by atoms with Crippen molar-refractivity contribution in [2.75, 3.05) is 0 Å². The lowest BCUT2D eigenvalue weighted by Crippen LogP contribution is -2.00. The van der Waals surface area contributed by atoms with Crippen molar-refractivity contribution < 1.29 is 9.90 Å². The Balaban J connectivity index is 2.66. The second-order valence-corrected chi connectivity index (χ2v) is 3.85. The maximum Gasteiger partial charge on any atom is 0.337 e. The van der Waals surface area contributed by atoms with E-state index in [1.165, 1.54) is 0 Å². The van der Waals surface area contributed by atoms with Crippen molar-refractivity contribution >= 4 is 18.6 Å². The molecule has 0 atom stereocenters. The zero-order valence-corrected chi connectivity index (χ0v) is 9.32. The highest BCUT2D eigenvalue weighted by atomic mass is 32.1. The molecule has 2 rings (SSSR count). The Hall–Kier alpha value is -1.74.